The number of amides is 2. The summed E-state index contributed by atoms with van der Waals surface area (Å²) in [7, 11) is 1.24. The first kappa shape index (κ1) is 26.5. The van der Waals surface area contributed by atoms with Crippen LogP contribution in [0.4, 0.5) is 5.13 Å². The minimum atomic E-state index is -1.31. The van der Waals surface area contributed by atoms with E-state index in [1.807, 2.05) is 0 Å². The lowest BCUT2D eigenvalue weighted by Gasteiger charge is -2.53. The predicted octanol–water partition coefficient (Wildman–Crippen LogP) is -1.80. The van der Waals surface area contributed by atoms with Gasteiger partial charge in [-0.25, -0.2) is 4.68 Å². The van der Waals surface area contributed by atoms with E-state index in [-0.39, 0.29) is 52.8 Å². The van der Waals surface area contributed by atoms with Gasteiger partial charge in [0, 0.05) is 29.6 Å². The number of aliphatic carboxylic acids is 2. The highest BCUT2D eigenvalue weighted by molar-refractivity contribution is 8.00. The van der Waals surface area contributed by atoms with Gasteiger partial charge in [-0.3, -0.25) is 19.2 Å². The van der Waals surface area contributed by atoms with Crippen LogP contribution in [0.15, 0.2) is 10.3 Å². The Balaban J connectivity index is 1.40. The van der Waals surface area contributed by atoms with Crippen LogP contribution in [0.1, 0.15) is 12.2 Å². The Morgan fingerprint density at radius 1 is 1.38 bits per heavy atom. The number of carbonyl (C=O) groups excluding carboxylic acids is 2. The second-order valence-electron chi connectivity index (χ2n) is 7.90. The fourth-order valence-corrected chi connectivity index (χ4v) is 6.77. The van der Waals surface area contributed by atoms with E-state index in [1.165, 1.54) is 28.5 Å². The number of fused-ring (bicyclic) bond motifs is 1. The molecule has 20 heteroatoms. The summed E-state index contributed by atoms with van der Waals surface area (Å²) in [5, 5.41) is 36.2. The number of aryl methyl sites for hydroxylation is 1. The van der Waals surface area contributed by atoms with Crippen molar-refractivity contribution >= 4 is 69.7 Å². The molecule has 4 rings (SSSR count). The first-order valence-corrected chi connectivity index (χ1v) is 13.2. The van der Waals surface area contributed by atoms with Crippen LogP contribution in [-0.2, 0) is 30.6 Å². The molecule has 0 spiro atoms. The Kier molecular flexibility index (Phi) is 7.78. The molecule has 2 aromatic rings. The number of β-lactam (4-membered cyclic amide) rings is 1. The van der Waals surface area contributed by atoms with E-state index in [9.17, 15) is 24.3 Å². The number of rotatable bonds is 11. The molecule has 17 nitrogen and oxygen atoms in total. The van der Waals surface area contributed by atoms with Gasteiger partial charge in [0.1, 0.15) is 23.9 Å². The number of aromatic nitrogens is 6. The monoisotopic (exact) mass is 572 g/mol. The number of nitrogens with two attached hydrogens (primary N) is 1. The Morgan fingerprint density at radius 3 is 2.81 bits per heavy atom. The molecule has 2 aromatic heterocycles. The number of hydrogen-bond acceptors (Lipinski definition) is 15. The molecule has 0 saturated carbocycles. The van der Waals surface area contributed by atoms with Crippen LogP contribution in [0, 0.1) is 5.41 Å². The van der Waals surface area contributed by atoms with Crippen molar-refractivity contribution in [2.24, 2.45) is 10.6 Å². The maximum Gasteiger partial charge on any atom is 0.313 e. The van der Waals surface area contributed by atoms with E-state index >= 15 is 0 Å². The molecule has 198 valence electrons. The number of thioether (sulfide) groups is 2. The van der Waals surface area contributed by atoms with Gasteiger partial charge in [-0.1, -0.05) is 16.9 Å². The third-order valence-corrected chi connectivity index (χ3v) is 8.83. The van der Waals surface area contributed by atoms with Crippen LogP contribution in [0.3, 0.4) is 0 Å². The van der Waals surface area contributed by atoms with Crippen LogP contribution in [0.25, 0.3) is 0 Å². The minimum absolute atomic E-state index is 0.0327. The van der Waals surface area contributed by atoms with E-state index < -0.39 is 40.6 Å². The van der Waals surface area contributed by atoms with Crippen LogP contribution < -0.4 is 11.1 Å². The topological polar surface area (TPSA) is 241 Å². The van der Waals surface area contributed by atoms with Crippen LogP contribution in [0.2, 0.25) is 0 Å². The van der Waals surface area contributed by atoms with Crippen LogP contribution in [-0.4, -0.2) is 111 Å². The van der Waals surface area contributed by atoms with Gasteiger partial charge in [0.15, 0.2) is 5.13 Å². The predicted molar refractivity (Wildman–Crippen MR) is 129 cm³/mol. The molecular formula is C17H20N10O7S3. The van der Waals surface area contributed by atoms with Crippen molar-refractivity contribution in [1.29, 1.82) is 0 Å². The van der Waals surface area contributed by atoms with Gasteiger partial charge in [0.2, 0.25) is 22.6 Å². The van der Waals surface area contributed by atoms with E-state index in [2.05, 4.69) is 35.4 Å². The summed E-state index contributed by atoms with van der Waals surface area (Å²) >= 11 is 3.16. The van der Waals surface area contributed by atoms with Gasteiger partial charge in [0.05, 0.1) is 13.0 Å². The number of oxime groups is 1. The van der Waals surface area contributed by atoms with Gasteiger partial charge in [-0.15, -0.1) is 16.9 Å². The fraction of sp³-hybridized carbons (Fsp3) is 0.529. The fourth-order valence-electron chi connectivity index (χ4n) is 3.57. The zero-order valence-corrected chi connectivity index (χ0v) is 21.5. The van der Waals surface area contributed by atoms with Gasteiger partial charge in [-0.2, -0.15) is 9.36 Å². The second kappa shape index (κ2) is 10.8. The highest BCUT2D eigenvalue weighted by atomic mass is 32.2. The normalized spacial score (nSPS) is 23.2. The third kappa shape index (κ3) is 5.44. The molecule has 0 aromatic carbocycles. The van der Waals surface area contributed by atoms with Crippen molar-refractivity contribution < 1.29 is 34.2 Å². The lowest BCUT2D eigenvalue weighted by Crippen LogP contribution is -2.74. The summed E-state index contributed by atoms with van der Waals surface area (Å²) in [6.45, 7) is -0.0526. The summed E-state index contributed by atoms with van der Waals surface area (Å²) in [6.07, 6.45) is -0.196. The van der Waals surface area contributed by atoms with Crippen molar-refractivity contribution in [2.45, 2.75) is 29.5 Å². The van der Waals surface area contributed by atoms with Gasteiger partial charge >= 0.3 is 11.9 Å². The van der Waals surface area contributed by atoms with Crippen LogP contribution >= 0.6 is 35.1 Å². The van der Waals surface area contributed by atoms with Gasteiger partial charge in [-0.05, 0) is 10.4 Å². The van der Waals surface area contributed by atoms with Gasteiger partial charge in [0.25, 0.3) is 5.91 Å². The second-order valence-corrected chi connectivity index (χ2v) is 10.7. The van der Waals surface area contributed by atoms with E-state index in [0.29, 0.717) is 0 Å². The quantitative estimate of drug-likeness (QED) is 0.100. The molecule has 2 unspecified atom stereocenters. The van der Waals surface area contributed by atoms with E-state index in [0.717, 1.165) is 23.3 Å². The molecule has 4 heterocycles. The molecule has 37 heavy (non-hydrogen) atoms. The zero-order valence-electron chi connectivity index (χ0n) is 19.0. The molecule has 2 aliphatic rings. The first-order valence-electron chi connectivity index (χ1n) is 10.4. The molecule has 2 amide bonds. The molecule has 3 atom stereocenters. The molecular weight excluding hydrogens is 552 g/mol. The summed E-state index contributed by atoms with van der Waals surface area (Å²) in [6, 6.07) is -0.904. The standard InChI is InChI=1S/C17H20N10O7S3/c1-34-22-8(10-20-15(18)37-23-10)11(30)19-9-12(31)26-4-17(14(32)33,5-35-13(9)26)6-36-16-21-24-25-27(16)3-2-7(28)29/h9,13H,2-6H2,1H3,(H,19,30)(H,28,29)(H,32,33)(H2,18,20,23)/t9?,13-,17?/m1/s1. The van der Waals surface area contributed by atoms with Crippen molar-refractivity contribution in [3.63, 3.8) is 0 Å². The molecule has 0 radical (unpaired) electrons. The lowest BCUT2D eigenvalue weighted by molar-refractivity contribution is -0.157. The summed E-state index contributed by atoms with van der Waals surface area (Å²) < 4.78 is 5.22. The van der Waals surface area contributed by atoms with Crippen molar-refractivity contribution in [1.82, 2.24) is 39.8 Å². The highest BCUT2D eigenvalue weighted by Crippen LogP contribution is 2.44. The number of hydrogen-bond donors (Lipinski definition) is 4. The SMILES string of the molecule is CON=C(C(=O)NC1C(=O)N2CC(CSc3nnnn3CCC(=O)O)(C(=O)O)CS[C@H]12)c1nsc(N)n1. The zero-order chi connectivity index (χ0) is 26.7. The highest BCUT2D eigenvalue weighted by Gasteiger charge is 2.57. The minimum Gasteiger partial charge on any atom is -0.481 e. The molecule has 0 bridgehead atoms. The van der Waals surface area contributed by atoms with Crippen molar-refractivity contribution in [3.05, 3.63) is 5.82 Å². The number of nitrogen functional groups attached to an aromatic ring is 1. The first-order chi connectivity index (χ1) is 17.6. The molecule has 2 fully saturated rings. The number of nitrogens with zero attached hydrogens (tertiary/aromatic N) is 8. The Labute approximate surface area is 220 Å². The number of nitrogens with one attached hydrogen (secondary N) is 1. The van der Waals surface area contributed by atoms with Crippen molar-refractivity contribution in [2.75, 3.05) is 30.9 Å². The summed E-state index contributed by atoms with van der Waals surface area (Å²) in [5.41, 5.74) is 4.00. The maximum absolute atomic E-state index is 12.9. The molecule has 5 N–H and O–H groups in total. The number of carboxylic acids is 2. The average Bonchev–Trinajstić information content (AvgIpc) is 3.51. The molecule has 2 saturated heterocycles. The van der Waals surface area contributed by atoms with Crippen molar-refractivity contribution in [3.8, 4) is 0 Å². The van der Waals surface area contributed by atoms with E-state index in [4.69, 9.17) is 15.7 Å². The Morgan fingerprint density at radius 2 is 2.16 bits per heavy atom. The molecule has 2 aliphatic heterocycles. The van der Waals surface area contributed by atoms with Gasteiger partial charge < -0.3 is 31.0 Å². The number of carboxylic acid groups (broad SMARTS) is 2. The number of anilines is 1. The van der Waals surface area contributed by atoms with Crippen LogP contribution in [0.5, 0.6) is 0 Å². The summed E-state index contributed by atoms with van der Waals surface area (Å²) in [5.74, 6) is -3.17. The Hall–Kier alpha value is -3.52. The number of tetrazole rings is 1. The maximum atomic E-state index is 12.9. The lowest BCUT2D eigenvalue weighted by atomic mass is 9.89. The number of carbonyl (C=O) groups is 4. The Bertz CT molecular complexity index is 1250. The largest absolute Gasteiger partial charge is 0.481 e. The molecule has 0 aliphatic carbocycles. The smallest absolute Gasteiger partial charge is 0.313 e. The average molecular weight is 573 g/mol. The third-order valence-electron chi connectivity index (χ3n) is 5.45. The summed E-state index contributed by atoms with van der Waals surface area (Å²) in [4.78, 5) is 58.8. The van der Waals surface area contributed by atoms with E-state index in [1.54, 1.807) is 0 Å².